The highest BCUT2D eigenvalue weighted by Gasteiger charge is 2.17. The first-order chi connectivity index (χ1) is 10.6. The minimum Gasteiger partial charge on any atom is -0.345 e. The molecule has 3 aromatic heterocycles. The van der Waals surface area contributed by atoms with E-state index in [0.29, 0.717) is 17.9 Å². The molecule has 5 nitrogen and oxygen atoms in total. The molecule has 0 atom stereocenters. The van der Waals surface area contributed by atoms with E-state index in [1.165, 1.54) is 0 Å². The van der Waals surface area contributed by atoms with Gasteiger partial charge in [-0.25, -0.2) is 4.98 Å². The maximum Gasteiger partial charge on any atom is 0.270 e. The van der Waals surface area contributed by atoms with Crippen LogP contribution in [0.2, 0.25) is 0 Å². The minimum absolute atomic E-state index is 0.159. The van der Waals surface area contributed by atoms with E-state index in [2.05, 4.69) is 31.2 Å². The fraction of sp³-hybridized carbons (Fsp3) is 0.188. The van der Waals surface area contributed by atoms with Crippen molar-refractivity contribution in [2.45, 2.75) is 20.4 Å². The lowest BCUT2D eigenvalue weighted by molar-refractivity contribution is 0.0944. The van der Waals surface area contributed by atoms with E-state index in [0.717, 1.165) is 21.4 Å². The number of imidazole rings is 1. The number of aryl methyl sites for hydroxylation is 2. The molecule has 0 saturated heterocycles. The van der Waals surface area contributed by atoms with E-state index < -0.39 is 0 Å². The number of amides is 1. The molecule has 0 aliphatic heterocycles. The Balaban J connectivity index is 1.92. The van der Waals surface area contributed by atoms with Crippen molar-refractivity contribution in [1.29, 1.82) is 0 Å². The molecule has 0 unspecified atom stereocenters. The Hall–Kier alpha value is -2.21. The highest BCUT2D eigenvalue weighted by atomic mass is 79.9. The molecular weight excluding hydrogens is 344 g/mol. The molecule has 0 fully saturated rings. The summed E-state index contributed by atoms with van der Waals surface area (Å²) in [5.74, 6) is -0.159. The van der Waals surface area contributed by atoms with Crippen LogP contribution in [0.1, 0.15) is 27.4 Å². The number of nitrogens with one attached hydrogen (secondary N) is 1. The van der Waals surface area contributed by atoms with Crippen LogP contribution < -0.4 is 5.32 Å². The molecule has 1 N–H and O–H groups in total. The SMILES string of the molecule is Cc1nc2c(C)cc(Br)cn2c1C(=O)NCc1ccccn1. The standard InChI is InChI=1S/C16H15BrN4O/c1-10-7-12(17)9-21-14(11(2)20-15(10)21)16(22)19-8-13-5-3-4-6-18-13/h3-7,9H,8H2,1-2H3,(H,19,22). The number of rotatable bonds is 3. The molecule has 0 radical (unpaired) electrons. The molecule has 6 heteroatoms. The lowest BCUT2D eigenvalue weighted by Gasteiger charge is -2.06. The Bertz CT molecular complexity index is 842. The zero-order chi connectivity index (χ0) is 15.7. The van der Waals surface area contributed by atoms with Crippen molar-refractivity contribution in [2.75, 3.05) is 0 Å². The summed E-state index contributed by atoms with van der Waals surface area (Å²) in [5, 5.41) is 2.90. The van der Waals surface area contributed by atoms with Crippen LogP contribution in [0.15, 0.2) is 41.1 Å². The first kappa shape index (κ1) is 14.7. The average Bonchev–Trinajstić information content (AvgIpc) is 2.82. The van der Waals surface area contributed by atoms with Gasteiger partial charge in [0.2, 0.25) is 0 Å². The second-order valence-electron chi connectivity index (χ2n) is 5.08. The zero-order valence-corrected chi connectivity index (χ0v) is 13.9. The summed E-state index contributed by atoms with van der Waals surface area (Å²) in [6, 6.07) is 7.61. The Morgan fingerprint density at radius 3 is 2.91 bits per heavy atom. The number of aromatic nitrogens is 3. The van der Waals surface area contributed by atoms with Gasteiger partial charge in [0.25, 0.3) is 5.91 Å². The molecule has 0 bridgehead atoms. The Labute approximate surface area is 136 Å². The molecule has 112 valence electrons. The van der Waals surface area contributed by atoms with E-state index >= 15 is 0 Å². The van der Waals surface area contributed by atoms with Gasteiger partial charge in [0, 0.05) is 16.9 Å². The molecule has 3 aromatic rings. The van der Waals surface area contributed by atoms with E-state index in [1.807, 2.05) is 48.7 Å². The predicted octanol–water partition coefficient (Wildman–Crippen LogP) is 3.04. The number of carbonyl (C=O) groups is 1. The van der Waals surface area contributed by atoms with Gasteiger partial charge in [-0.1, -0.05) is 6.07 Å². The highest BCUT2D eigenvalue weighted by Crippen LogP contribution is 2.20. The molecule has 0 aromatic carbocycles. The maximum absolute atomic E-state index is 12.5. The highest BCUT2D eigenvalue weighted by molar-refractivity contribution is 9.10. The number of pyridine rings is 2. The topological polar surface area (TPSA) is 59.3 Å². The quantitative estimate of drug-likeness (QED) is 0.782. The Kier molecular flexibility index (Phi) is 3.94. The third-order valence-corrected chi connectivity index (χ3v) is 3.85. The van der Waals surface area contributed by atoms with Crippen molar-refractivity contribution < 1.29 is 4.79 Å². The van der Waals surface area contributed by atoms with Gasteiger partial charge in [-0.3, -0.25) is 14.2 Å². The van der Waals surface area contributed by atoms with Gasteiger partial charge < -0.3 is 5.32 Å². The molecule has 0 spiro atoms. The Morgan fingerprint density at radius 2 is 2.18 bits per heavy atom. The monoisotopic (exact) mass is 358 g/mol. The second kappa shape index (κ2) is 5.88. The molecule has 0 saturated carbocycles. The van der Waals surface area contributed by atoms with Crippen molar-refractivity contribution in [3.63, 3.8) is 0 Å². The summed E-state index contributed by atoms with van der Waals surface area (Å²) in [6.07, 6.45) is 3.57. The maximum atomic E-state index is 12.5. The largest absolute Gasteiger partial charge is 0.345 e. The average molecular weight is 359 g/mol. The van der Waals surface area contributed by atoms with Gasteiger partial charge in [-0.15, -0.1) is 0 Å². The van der Waals surface area contributed by atoms with Gasteiger partial charge in [-0.05, 0) is 53.5 Å². The number of hydrogen-bond donors (Lipinski definition) is 1. The molecule has 3 heterocycles. The van der Waals surface area contributed by atoms with Crippen molar-refractivity contribution in [3.8, 4) is 0 Å². The molecular formula is C16H15BrN4O. The van der Waals surface area contributed by atoms with Crippen molar-refractivity contribution in [3.05, 3.63) is 63.8 Å². The van der Waals surface area contributed by atoms with Crippen molar-refractivity contribution in [2.24, 2.45) is 0 Å². The minimum atomic E-state index is -0.159. The van der Waals surface area contributed by atoms with Gasteiger partial charge in [0.1, 0.15) is 11.3 Å². The third-order valence-electron chi connectivity index (χ3n) is 3.42. The van der Waals surface area contributed by atoms with Crippen LogP contribution in [0, 0.1) is 13.8 Å². The number of halogens is 1. The number of carbonyl (C=O) groups excluding carboxylic acids is 1. The summed E-state index contributed by atoms with van der Waals surface area (Å²) in [7, 11) is 0. The fourth-order valence-corrected chi connectivity index (χ4v) is 2.96. The smallest absolute Gasteiger partial charge is 0.270 e. The van der Waals surface area contributed by atoms with Gasteiger partial charge in [0.15, 0.2) is 0 Å². The summed E-state index contributed by atoms with van der Waals surface area (Å²) in [4.78, 5) is 21.2. The first-order valence-electron chi connectivity index (χ1n) is 6.89. The van der Waals surface area contributed by atoms with Crippen LogP contribution in [0.5, 0.6) is 0 Å². The van der Waals surface area contributed by atoms with Crippen LogP contribution >= 0.6 is 15.9 Å². The van der Waals surface area contributed by atoms with E-state index in [-0.39, 0.29) is 5.91 Å². The number of hydrogen-bond acceptors (Lipinski definition) is 3. The lowest BCUT2D eigenvalue weighted by Crippen LogP contribution is -2.25. The fourth-order valence-electron chi connectivity index (χ4n) is 2.41. The number of fused-ring (bicyclic) bond motifs is 1. The van der Waals surface area contributed by atoms with Crippen molar-refractivity contribution >= 4 is 27.5 Å². The Morgan fingerprint density at radius 1 is 1.36 bits per heavy atom. The molecule has 3 rings (SSSR count). The summed E-state index contributed by atoms with van der Waals surface area (Å²) in [6.45, 7) is 4.21. The third kappa shape index (κ3) is 2.74. The van der Waals surface area contributed by atoms with Gasteiger partial charge >= 0.3 is 0 Å². The van der Waals surface area contributed by atoms with Crippen LogP contribution in [0.4, 0.5) is 0 Å². The normalized spacial score (nSPS) is 10.9. The van der Waals surface area contributed by atoms with E-state index in [9.17, 15) is 4.79 Å². The van der Waals surface area contributed by atoms with Crippen LogP contribution in [0.3, 0.4) is 0 Å². The van der Waals surface area contributed by atoms with E-state index in [1.54, 1.807) is 6.20 Å². The van der Waals surface area contributed by atoms with E-state index in [4.69, 9.17) is 0 Å². The first-order valence-corrected chi connectivity index (χ1v) is 7.68. The van der Waals surface area contributed by atoms with Crippen molar-refractivity contribution in [1.82, 2.24) is 19.7 Å². The van der Waals surface area contributed by atoms with Crippen LogP contribution in [0.25, 0.3) is 5.65 Å². The molecule has 0 aliphatic carbocycles. The lowest BCUT2D eigenvalue weighted by atomic mass is 10.3. The second-order valence-corrected chi connectivity index (χ2v) is 6.00. The predicted molar refractivity (Wildman–Crippen MR) is 87.8 cm³/mol. The molecule has 22 heavy (non-hydrogen) atoms. The summed E-state index contributed by atoms with van der Waals surface area (Å²) >= 11 is 3.46. The van der Waals surface area contributed by atoms with Gasteiger partial charge in [0.05, 0.1) is 17.9 Å². The summed E-state index contributed by atoms with van der Waals surface area (Å²) < 4.78 is 2.73. The van der Waals surface area contributed by atoms with Crippen LogP contribution in [-0.2, 0) is 6.54 Å². The van der Waals surface area contributed by atoms with Crippen LogP contribution in [-0.4, -0.2) is 20.3 Å². The number of nitrogens with zero attached hydrogens (tertiary/aromatic N) is 3. The zero-order valence-electron chi connectivity index (χ0n) is 12.3. The summed E-state index contributed by atoms with van der Waals surface area (Å²) in [5.41, 5.74) is 3.89. The van der Waals surface area contributed by atoms with Gasteiger partial charge in [-0.2, -0.15) is 0 Å². The molecule has 1 amide bonds. The molecule has 0 aliphatic rings.